The van der Waals surface area contributed by atoms with Crippen LogP contribution >= 0.6 is 15.9 Å². The summed E-state index contributed by atoms with van der Waals surface area (Å²) in [6.07, 6.45) is 1.22. The quantitative estimate of drug-likeness (QED) is 0.313. The van der Waals surface area contributed by atoms with Crippen LogP contribution in [0.2, 0.25) is 0 Å². The molecule has 4 rings (SSSR count). The fourth-order valence-electron chi connectivity index (χ4n) is 2.80. The highest BCUT2D eigenvalue weighted by atomic mass is 79.9. The highest BCUT2D eigenvalue weighted by Gasteiger charge is 2.25. The first-order valence-corrected chi connectivity index (χ1v) is 9.37. The number of rotatable bonds is 5. The van der Waals surface area contributed by atoms with Crippen molar-refractivity contribution in [1.29, 1.82) is 0 Å². The first-order valence-electron chi connectivity index (χ1n) is 8.57. The van der Waals surface area contributed by atoms with Crippen LogP contribution in [0.5, 0.6) is 11.6 Å². The third-order valence-electron chi connectivity index (χ3n) is 4.12. The molecule has 0 fully saturated rings. The Morgan fingerprint density at radius 3 is 2.62 bits per heavy atom. The van der Waals surface area contributed by atoms with Crippen molar-refractivity contribution in [2.75, 3.05) is 5.32 Å². The van der Waals surface area contributed by atoms with Gasteiger partial charge in [-0.25, -0.2) is 4.98 Å². The smallest absolute Gasteiger partial charge is 0.373 e. The Hall–Kier alpha value is -3.59. The predicted molar refractivity (Wildman–Crippen MR) is 113 cm³/mol. The zero-order chi connectivity index (χ0) is 20.4. The number of benzene rings is 2. The number of aromatic nitrogens is 3. The van der Waals surface area contributed by atoms with Gasteiger partial charge in [0.1, 0.15) is 12.1 Å². The van der Waals surface area contributed by atoms with Crippen LogP contribution in [0.1, 0.15) is 5.69 Å². The van der Waals surface area contributed by atoms with Crippen molar-refractivity contribution in [1.82, 2.24) is 15.0 Å². The highest BCUT2D eigenvalue weighted by molar-refractivity contribution is 9.10. The first kappa shape index (κ1) is 18.8. The number of hydrogen-bond donors (Lipinski definition) is 1. The van der Waals surface area contributed by atoms with Gasteiger partial charge >= 0.3 is 11.6 Å². The van der Waals surface area contributed by atoms with E-state index in [-0.39, 0.29) is 17.4 Å². The largest absolute Gasteiger partial charge is 0.434 e. The molecule has 4 aromatic rings. The minimum atomic E-state index is -0.565. The second-order valence-corrected chi connectivity index (χ2v) is 7.05. The molecule has 0 aliphatic heterocycles. The van der Waals surface area contributed by atoms with Gasteiger partial charge in [-0.15, -0.1) is 0 Å². The van der Waals surface area contributed by atoms with E-state index in [2.05, 4.69) is 36.2 Å². The second kappa shape index (κ2) is 7.80. The molecule has 0 atom stereocenters. The summed E-state index contributed by atoms with van der Waals surface area (Å²) in [5, 5.41) is 15.6. The number of anilines is 2. The summed E-state index contributed by atoms with van der Waals surface area (Å²) in [7, 11) is 0. The van der Waals surface area contributed by atoms with Crippen LogP contribution < -0.4 is 10.1 Å². The molecule has 0 saturated heterocycles. The minimum Gasteiger partial charge on any atom is -0.434 e. The average Bonchev–Trinajstić information content (AvgIpc) is 2.69. The fraction of sp³-hybridized carbons (Fsp3) is 0.0500. The average molecular weight is 452 g/mol. The van der Waals surface area contributed by atoms with E-state index in [4.69, 9.17) is 4.74 Å². The number of nitrogens with zero attached hydrogens (tertiary/aromatic N) is 4. The Balaban J connectivity index is 1.75. The molecule has 2 aromatic carbocycles. The number of pyridine rings is 1. The van der Waals surface area contributed by atoms with E-state index in [0.717, 1.165) is 21.1 Å². The Bertz CT molecular complexity index is 1210. The van der Waals surface area contributed by atoms with E-state index in [1.54, 1.807) is 30.3 Å². The molecule has 2 heterocycles. The van der Waals surface area contributed by atoms with E-state index in [9.17, 15) is 10.1 Å². The van der Waals surface area contributed by atoms with Crippen LogP contribution in [0.25, 0.3) is 10.9 Å². The van der Waals surface area contributed by atoms with Crippen molar-refractivity contribution in [2.45, 2.75) is 6.92 Å². The van der Waals surface area contributed by atoms with E-state index < -0.39 is 4.92 Å². The summed E-state index contributed by atoms with van der Waals surface area (Å²) in [5.74, 6) is 0.306. The Morgan fingerprint density at radius 2 is 1.86 bits per heavy atom. The maximum absolute atomic E-state index is 11.8. The molecule has 29 heavy (non-hydrogen) atoms. The summed E-state index contributed by atoms with van der Waals surface area (Å²) in [6, 6.07) is 16.2. The zero-order valence-electron chi connectivity index (χ0n) is 15.2. The predicted octanol–water partition coefficient (Wildman–Crippen LogP) is 5.54. The van der Waals surface area contributed by atoms with Gasteiger partial charge in [0.25, 0.3) is 0 Å². The van der Waals surface area contributed by atoms with Gasteiger partial charge in [0, 0.05) is 21.2 Å². The molecule has 144 valence electrons. The van der Waals surface area contributed by atoms with Gasteiger partial charge in [-0.1, -0.05) is 22.0 Å². The summed E-state index contributed by atoms with van der Waals surface area (Å²) >= 11 is 3.34. The number of nitro groups is 1. The standard InChI is InChI=1S/C20H14BrN5O3/c1-12-5-10-15-16(24-12)3-2-4-17(15)25-19-18(26(27)28)20(23-11-22-19)29-14-8-6-13(21)7-9-14/h2-11H,1H3,(H,22,23,25). The van der Waals surface area contributed by atoms with Crippen LogP contribution in [0, 0.1) is 17.0 Å². The van der Waals surface area contributed by atoms with Gasteiger partial charge in [0.2, 0.25) is 5.82 Å². The Labute approximate surface area is 173 Å². The third-order valence-corrected chi connectivity index (χ3v) is 4.65. The lowest BCUT2D eigenvalue weighted by Gasteiger charge is -2.11. The number of ether oxygens (including phenoxy) is 1. The SMILES string of the molecule is Cc1ccc2c(Nc3ncnc(Oc4ccc(Br)cc4)c3[N+](=O)[O-])cccc2n1. The zero-order valence-corrected chi connectivity index (χ0v) is 16.8. The van der Waals surface area contributed by atoms with Crippen molar-refractivity contribution in [3.05, 3.63) is 81.2 Å². The van der Waals surface area contributed by atoms with Gasteiger partial charge in [-0.05, 0) is 55.5 Å². The van der Waals surface area contributed by atoms with Crippen LogP contribution in [0.3, 0.4) is 0 Å². The van der Waals surface area contributed by atoms with Gasteiger partial charge in [-0.3, -0.25) is 15.1 Å². The molecule has 1 N–H and O–H groups in total. The van der Waals surface area contributed by atoms with Crippen molar-refractivity contribution in [2.24, 2.45) is 0 Å². The lowest BCUT2D eigenvalue weighted by Crippen LogP contribution is -2.04. The molecule has 0 radical (unpaired) electrons. The van der Waals surface area contributed by atoms with Crippen LogP contribution in [0.4, 0.5) is 17.2 Å². The summed E-state index contributed by atoms with van der Waals surface area (Å²) in [5.41, 5.74) is 1.95. The van der Waals surface area contributed by atoms with Crippen molar-refractivity contribution >= 4 is 44.0 Å². The number of aryl methyl sites for hydroxylation is 1. The Morgan fingerprint density at radius 1 is 1.07 bits per heavy atom. The van der Waals surface area contributed by atoms with Crippen molar-refractivity contribution in [3.8, 4) is 11.6 Å². The summed E-state index contributed by atoms with van der Waals surface area (Å²) < 4.78 is 6.51. The molecule has 0 unspecified atom stereocenters. The fourth-order valence-corrected chi connectivity index (χ4v) is 3.07. The number of halogens is 1. The normalized spacial score (nSPS) is 10.7. The molecule has 0 saturated carbocycles. The molecule has 9 heteroatoms. The minimum absolute atomic E-state index is 0.0326. The van der Waals surface area contributed by atoms with E-state index in [0.29, 0.717) is 11.4 Å². The lowest BCUT2D eigenvalue weighted by atomic mass is 10.1. The van der Waals surface area contributed by atoms with Gasteiger partial charge in [0.05, 0.1) is 10.4 Å². The summed E-state index contributed by atoms with van der Waals surface area (Å²) in [6.45, 7) is 1.90. The molecule has 0 aliphatic carbocycles. The molecule has 0 amide bonds. The molecule has 0 aliphatic rings. The highest BCUT2D eigenvalue weighted by Crippen LogP contribution is 2.36. The Kier molecular flexibility index (Phi) is 5.05. The molecular formula is C20H14BrN5O3. The molecule has 0 spiro atoms. The maximum atomic E-state index is 11.8. The maximum Gasteiger partial charge on any atom is 0.373 e. The van der Waals surface area contributed by atoms with Crippen LogP contribution in [0.15, 0.2) is 65.4 Å². The van der Waals surface area contributed by atoms with Gasteiger partial charge in [-0.2, -0.15) is 4.98 Å². The monoisotopic (exact) mass is 451 g/mol. The number of hydrogen-bond acceptors (Lipinski definition) is 7. The molecule has 2 aromatic heterocycles. The number of nitrogens with one attached hydrogen (secondary N) is 1. The van der Waals surface area contributed by atoms with Crippen LogP contribution in [-0.4, -0.2) is 19.9 Å². The molecule has 8 nitrogen and oxygen atoms in total. The van der Waals surface area contributed by atoms with Crippen molar-refractivity contribution < 1.29 is 9.66 Å². The number of fused-ring (bicyclic) bond motifs is 1. The lowest BCUT2D eigenvalue weighted by molar-refractivity contribution is -0.385. The van der Waals surface area contributed by atoms with Gasteiger partial charge in [0.15, 0.2) is 0 Å². The van der Waals surface area contributed by atoms with E-state index in [1.807, 2.05) is 31.2 Å². The van der Waals surface area contributed by atoms with E-state index in [1.165, 1.54) is 6.33 Å². The molecule has 0 bridgehead atoms. The third kappa shape index (κ3) is 3.99. The summed E-state index contributed by atoms with van der Waals surface area (Å²) in [4.78, 5) is 23.7. The first-order chi connectivity index (χ1) is 14.0. The second-order valence-electron chi connectivity index (χ2n) is 6.14. The van der Waals surface area contributed by atoms with Gasteiger partial charge < -0.3 is 10.1 Å². The molecular weight excluding hydrogens is 438 g/mol. The van der Waals surface area contributed by atoms with Crippen molar-refractivity contribution in [3.63, 3.8) is 0 Å². The topological polar surface area (TPSA) is 103 Å². The van der Waals surface area contributed by atoms with Crippen LogP contribution in [-0.2, 0) is 0 Å². The van der Waals surface area contributed by atoms with E-state index >= 15 is 0 Å².